The summed E-state index contributed by atoms with van der Waals surface area (Å²) in [7, 11) is 0. The molecule has 3 N–H and O–H groups in total. The van der Waals surface area contributed by atoms with Crippen LogP contribution in [0.15, 0.2) is 24.3 Å². The van der Waals surface area contributed by atoms with Crippen LogP contribution in [0.4, 0.5) is 5.69 Å². The molecule has 5 heteroatoms. The molecule has 1 rings (SSSR count). The topological polar surface area (TPSA) is 64.3 Å². The van der Waals surface area contributed by atoms with Crippen LogP contribution in [-0.4, -0.2) is 30.6 Å². The van der Waals surface area contributed by atoms with Crippen LogP contribution in [0.5, 0.6) is 5.75 Å². The predicted molar refractivity (Wildman–Crippen MR) is 81.8 cm³/mol. The maximum atomic E-state index is 11.9. The summed E-state index contributed by atoms with van der Waals surface area (Å²) in [5, 5.41) is 2.83. The van der Waals surface area contributed by atoms with Crippen molar-refractivity contribution in [3.63, 3.8) is 0 Å². The smallest absolute Gasteiger partial charge is 0.241 e. The van der Waals surface area contributed by atoms with E-state index in [9.17, 15) is 4.79 Å². The first-order valence-corrected chi connectivity index (χ1v) is 7.85. The Morgan fingerprint density at radius 1 is 1.47 bits per heavy atom. The van der Waals surface area contributed by atoms with Crippen molar-refractivity contribution >= 4 is 23.4 Å². The van der Waals surface area contributed by atoms with Gasteiger partial charge in [-0.05, 0) is 37.0 Å². The monoisotopic (exact) mass is 282 g/mol. The lowest BCUT2D eigenvalue weighted by Gasteiger charge is -2.14. The third-order valence-electron chi connectivity index (χ3n) is 2.58. The minimum Gasteiger partial charge on any atom is -0.491 e. The van der Waals surface area contributed by atoms with Gasteiger partial charge >= 0.3 is 0 Å². The molecule has 0 unspecified atom stereocenters. The van der Waals surface area contributed by atoms with E-state index < -0.39 is 6.04 Å². The molecule has 0 aromatic heterocycles. The lowest BCUT2D eigenvalue weighted by molar-refractivity contribution is -0.117. The van der Waals surface area contributed by atoms with E-state index in [1.54, 1.807) is 11.8 Å². The van der Waals surface area contributed by atoms with Gasteiger partial charge in [0.2, 0.25) is 5.91 Å². The molecule has 1 aromatic rings. The highest BCUT2D eigenvalue weighted by molar-refractivity contribution is 7.98. The zero-order valence-electron chi connectivity index (χ0n) is 11.5. The maximum absolute atomic E-state index is 11.9. The molecule has 1 aromatic carbocycles. The van der Waals surface area contributed by atoms with Crippen LogP contribution >= 0.6 is 11.8 Å². The molecular weight excluding hydrogens is 260 g/mol. The number of benzene rings is 1. The zero-order chi connectivity index (χ0) is 14.1. The van der Waals surface area contributed by atoms with Gasteiger partial charge in [0.15, 0.2) is 0 Å². The molecule has 4 nitrogen and oxygen atoms in total. The SMILES string of the molecule is CCCOc1ccccc1NC(=O)[C@@H](N)CCSC. The highest BCUT2D eigenvalue weighted by atomic mass is 32.2. The quantitative estimate of drug-likeness (QED) is 0.769. The van der Waals surface area contributed by atoms with Crippen molar-refractivity contribution in [1.29, 1.82) is 0 Å². The van der Waals surface area contributed by atoms with E-state index in [2.05, 4.69) is 5.32 Å². The summed E-state index contributed by atoms with van der Waals surface area (Å²) < 4.78 is 5.59. The molecule has 0 bridgehead atoms. The molecule has 106 valence electrons. The van der Waals surface area contributed by atoms with Gasteiger partial charge in [-0.15, -0.1) is 0 Å². The Balaban J connectivity index is 2.62. The molecule has 19 heavy (non-hydrogen) atoms. The van der Waals surface area contributed by atoms with E-state index in [0.29, 0.717) is 24.5 Å². The summed E-state index contributed by atoms with van der Waals surface area (Å²) in [5.41, 5.74) is 6.52. The third kappa shape index (κ3) is 5.53. The average molecular weight is 282 g/mol. The van der Waals surface area contributed by atoms with Gasteiger partial charge in [0, 0.05) is 0 Å². The lowest BCUT2D eigenvalue weighted by Crippen LogP contribution is -2.36. The van der Waals surface area contributed by atoms with Crippen molar-refractivity contribution in [1.82, 2.24) is 0 Å². The van der Waals surface area contributed by atoms with Crippen molar-refractivity contribution in [2.45, 2.75) is 25.8 Å². The van der Waals surface area contributed by atoms with Gasteiger partial charge in [-0.2, -0.15) is 11.8 Å². The molecule has 0 radical (unpaired) electrons. The summed E-state index contributed by atoms with van der Waals surface area (Å²) >= 11 is 1.68. The number of thioether (sulfide) groups is 1. The van der Waals surface area contributed by atoms with E-state index in [0.717, 1.165) is 12.2 Å². The van der Waals surface area contributed by atoms with Crippen LogP contribution < -0.4 is 15.8 Å². The van der Waals surface area contributed by atoms with Crippen molar-refractivity contribution in [2.24, 2.45) is 5.73 Å². The Labute approximate surface area is 119 Å². The van der Waals surface area contributed by atoms with Gasteiger partial charge in [0.1, 0.15) is 5.75 Å². The fourth-order valence-electron chi connectivity index (χ4n) is 1.51. The fraction of sp³-hybridized carbons (Fsp3) is 0.500. The van der Waals surface area contributed by atoms with Gasteiger partial charge in [-0.3, -0.25) is 4.79 Å². The fourth-order valence-corrected chi connectivity index (χ4v) is 2.00. The standard InChI is InChI=1S/C14H22N2O2S/c1-3-9-18-13-7-5-4-6-12(13)16-14(17)11(15)8-10-19-2/h4-7,11H,3,8-10,15H2,1-2H3,(H,16,17)/t11-/m0/s1. The molecule has 0 aliphatic rings. The van der Waals surface area contributed by atoms with Gasteiger partial charge < -0.3 is 15.8 Å². The average Bonchev–Trinajstić information content (AvgIpc) is 2.43. The van der Waals surface area contributed by atoms with Crippen molar-refractivity contribution in [2.75, 3.05) is 23.9 Å². The number of nitrogens with one attached hydrogen (secondary N) is 1. The number of ether oxygens (including phenoxy) is 1. The lowest BCUT2D eigenvalue weighted by atomic mass is 10.2. The second-order valence-corrected chi connectivity index (χ2v) is 5.21. The normalized spacial score (nSPS) is 11.9. The van der Waals surface area contributed by atoms with E-state index in [1.165, 1.54) is 0 Å². The Kier molecular flexibility index (Phi) is 7.36. The van der Waals surface area contributed by atoms with Gasteiger partial charge in [-0.25, -0.2) is 0 Å². The molecule has 0 spiro atoms. The second-order valence-electron chi connectivity index (χ2n) is 4.22. The maximum Gasteiger partial charge on any atom is 0.241 e. The van der Waals surface area contributed by atoms with E-state index in [1.807, 2.05) is 37.4 Å². The highest BCUT2D eigenvalue weighted by Crippen LogP contribution is 2.24. The predicted octanol–water partition coefficient (Wildman–Crippen LogP) is 2.49. The largest absolute Gasteiger partial charge is 0.491 e. The summed E-state index contributed by atoms with van der Waals surface area (Å²) in [4.78, 5) is 11.9. The van der Waals surface area contributed by atoms with Crippen LogP contribution in [-0.2, 0) is 4.79 Å². The van der Waals surface area contributed by atoms with Crippen LogP contribution in [0.3, 0.4) is 0 Å². The number of nitrogens with two attached hydrogens (primary N) is 1. The Morgan fingerprint density at radius 3 is 2.89 bits per heavy atom. The number of amides is 1. The number of anilines is 1. The molecule has 1 atom stereocenters. The first-order valence-electron chi connectivity index (χ1n) is 6.46. The molecule has 0 aliphatic carbocycles. The molecule has 0 heterocycles. The van der Waals surface area contributed by atoms with Crippen molar-refractivity contribution in [3.8, 4) is 5.75 Å². The molecule has 1 amide bonds. The number of rotatable bonds is 8. The molecule has 0 aliphatic heterocycles. The van der Waals surface area contributed by atoms with E-state index >= 15 is 0 Å². The third-order valence-corrected chi connectivity index (χ3v) is 3.22. The second kappa shape index (κ2) is 8.82. The Morgan fingerprint density at radius 2 is 2.21 bits per heavy atom. The Bertz CT molecular complexity index is 399. The summed E-state index contributed by atoms with van der Waals surface area (Å²) in [5.74, 6) is 1.40. The Hall–Kier alpha value is -1.20. The first kappa shape index (κ1) is 15.9. The number of carbonyl (C=O) groups excluding carboxylic acids is 1. The van der Waals surface area contributed by atoms with Gasteiger partial charge in [0.25, 0.3) is 0 Å². The van der Waals surface area contributed by atoms with E-state index in [-0.39, 0.29) is 5.91 Å². The number of para-hydroxylation sites is 2. The molecule has 0 fully saturated rings. The van der Waals surface area contributed by atoms with Crippen molar-refractivity contribution in [3.05, 3.63) is 24.3 Å². The highest BCUT2D eigenvalue weighted by Gasteiger charge is 2.14. The summed E-state index contributed by atoms with van der Waals surface area (Å²) in [6, 6.07) is 6.94. The minimum atomic E-state index is -0.480. The van der Waals surface area contributed by atoms with Crippen LogP contribution in [0.25, 0.3) is 0 Å². The zero-order valence-corrected chi connectivity index (χ0v) is 12.3. The van der Waals surface area contributed by atoms with Crippen molar-refractivity contribution < 1.29 is 9.53 Å². The van der Waals surface area contributed by atoms with E-state index in [4.69, 9.17) is 10.5 Å². The molecular formula is C14H22N2O2S. The molecule has 0 saturated carbocycles. The van der Waals surface area contributed by atoms with Crippen LogP contribution in [0.2, 0.25) is 0 Å². The minimum absolute atomic E-state index is 0.165. The number of carbonyl (C=O) groups is 1. The van der Waals surface area contributed by atoms with Crippen LogP contribution in [0.1, 0.15) is 19.8 Å². The van der Waals surface area contributed by atoms with Gasteiger partial charge in [0.05, 0.1) is 18.3 Å². The van der Waals surface area contributed by atoms with Gasteiger partial charge in [-0.1, -0.05) is 19.1 Å². The van der Waals surface area contributed by atoms with Crippen LogP contribution in [0, 0.1) is 0 Å². The number of hydrogen-bond acceptors (Lipinski definition) is 4. The molecule has 0 saturated heterocycles. The first-order chi connectivity index (χ1) is 9.19. The summed E-state index contributed by atoms with van der Waals surface area (Å²) in [6.07, 6.45) is 3.60. The number of hydrogen-bond donors (Lipinski definition) is 2. The summed E-state index contributed by atoms with van der Waals surface area (Å²) in [6.45, 7) is 2.67.